The number of hydrogen-bond acceptors (Lipinski definition) is 13. The van der Waals surface area contributed by atoms with Gasteiger partial charge in [-0.2, -0.15) is 0 Å². The third-order valence-electron chi connectivity index (χ3n) is 6.88. The van der Waals surface area contributed by atoms with Gasteiger partial charge in [0, 0.05) is 6.07 Å². The molecule has 0 radical (unpaired) electrons. The number of anilines is 2. The summed E-state index contributed by atoms with van der Waals surface area (Å²) >= 11 is 0. The predicted molar refractivity (Wildman–Crippen MR) is 181 cm³/mol. The molecule has 0 fully saturated rings. The zero-order valence-electron chi connectivity index (χ0n) is 27.2. The number of nitrogens with zero attached hydrogens (tertiary/aromatic N) is 4. The standard InChI is InChI=1S/C35H28N6O11/c1-49-35(46)27-15-14-26(33(40-27)52-20-29(42)43)37-30(44)23-12-13-25(32(38-23)50-18-21-8-4-2-5-9-21)36-31(45)24-16-17-28(41(47)48)34(39-24)51-19-22-10-6-3-7-11-22/h2-17H,18-20H2,1H3,(H,36,45)(H,37,44)(H,42,43). The average molecular weight is 709 g/mol. The molecule has 0 spiro atoms. The first-order chi connectivity index (χ1) is 25.1. The Morgan fingerprint density at radius 1 is 0.654 bits per heavy atom. The number of hydrogen-bond donors (Lipinski definition) is 3. The number of carboxylic acids is 1. The quantitative estimate of drug-likeness (QED) is 0.0761. The largest absolute Gasteiger partial charge is 0.479 e. The lowest BCUT2D eigenvalue weighted by Gasteiger charge is -2.14. The molecular weight excluding hydrogens is 680 g/mol. The summed E-state index contributed by atoms with van der Waals surface area (Å²) in [6.07, 6.45) is 0. The number of carbonyl (C=O) groups is 4. The highest BCUT2D eigenvalue weighted by molar-refractivity contribution is 6.06. The van der Waals surface area contributed by atoms with Crippen LogP contribution >= 0.6 is 0 Å². The van der Waals surface area contributed by atoms with Crippen LogP contribution in [0.4, 0.5) is 17.1 Å². The second-order valence-electron chi connectivity index (χ2n) is 10.5. The molecule has 0 atom stereocenters. The first-order valence-electron chi connectivity index (χ1n) is 15.2. The summed E-state index contributed by atoms with van der Waals surface area (Å²) in [7, 11) is 1.13. The van der Waals surface area contributed by atoms with E-state index < -0.39 is 41.0 Å². The third kappa shape index (κ3) is 9.38. The molecule has 17 heteroatoms. The smallest absolute Gasteiger partial charge is 0.356 e. The van der Waals surface area contributed by atoms with Crippen molar-refractivity contribution in [1.29, 1.82) is 0 Å². The highest BCUT2D eigenvalue weighted by Gasteiger charge is 2.23. The van der Waals surface area contributed by atoms with Gasteiger partial charge in [0.05, 0.1) is 12.0 Å². The number of pyridine rings is 3. The molecule has 5 rings (SSSR count). The second-order valence-corrected chi connectivity index (χ2v) is 10.5. The Morgan fingerprint density at radius 2 is 1.12 bits per heavy atom. The third-order valence-corrected chi connectivity index (χ3v) is 6.88. The topological polar surface area (TPSA) is 231 Å². The maximum atomic E-state index is 13.4. The lowest BCUT2D eigenvalue weighted by atomic mass is 10.2. The number of ether oxygens (including phenoxy) is 4. The van der Waals surface area contributed by atoms with E-state index >= 15 is 0 Å². The SMILES string of the molecule is COC(=O)c1ccc(NC(=O)c2ccc(NC(=O)c3ccc([N+](=O)[O-])c(OCc4ccccc4)n3)c(OCc3ccccc3)n2)c(OCC(=O)O)n1. The first kappa shape index (κ1) is 35.9. The fraction of sp³-hybridized carbons (Fsp3) is 0.114. The number of amides is 2. The van der Waals surface area contributed by atoms with E-state index in [1.54, 1.807) is 54.6 Å². The van der Waals surface area contributed by atoms with E-state index in [2.05, 4.69) is 30.3 Å². The van der Waals surface area contributed by atoms with E-state index in [0.717, 1.165) is 30.4 Å². The van der Waals surface area contributed by atoms with Crippen LogP contribution in [0.1, 0.15) is 42.6 Å². The van der Waals surface area contributed by atoms with Crippen molar-refractivity contribution in [2.75, 3.05) is 24.4 Å². The second kappa shape index (κ2) is 16.8. The van der Waals surface area contributed by atoms with Crippen molar-refractivity contribution >= 4 is 40.8 Å². The van der Waals surface area contributed by atoms with E-state index in [1.807, 2.05) is 6.07 Å². The van der Waals surface area contributed by atoms with Gasteiger partial charge in [-0.05, 0) is 41.5 Å². The Hall–Kier alpha value is -7.43. The van der Waals surface area contributed by atoms with E-state index in [0.29, 0.717) is 0 Å². The highest BCUT2D eigenvalue weighted by Crippen LogP contribution is 2.29. The van der Waals surface area contributed by atoms with Crippen molar-refractivity contribution in [2.45, 2.75) is 13.2 Å². The van der Waals surface area contributed by atoms with Gasteiger partial charge in [-0.25, -0.2) is 24.5 Å². The predicted octanol–water partition coefficient (Wildman–Crippen LogP) is 4.69. The minimum atomic E-state index is -1.33. The van der Waals surface area contributed by atoms with Crippen molar-refractivity contribution in [3.8, 4) is 17.6 Å². The van der Waals surface area contributed by atoms with Crippen LogP contribution in [0.3, 0.4) is 0 Å². The molecule has 3 aromatic heterocycles. The Morgan fingerprint density at radius 3 is 1.63 bits per heavy atom. The minimum absolute atomic E-state index is 0.0128. The molecule has 2 aromatic carbocycles. The number of benzene rings is 2. The van der Waals surface area contributed by atoms with E-state index in [1.165, 1.54) is 24.3 Å². The number of rotatable bonds is 15. The van der Waals surface area contributed by atoms with Crippen LogP contribution < -0.4 is 24.8 Å². The first-order valence-corrected chi connectivity index (χ1v) is 15.2. The number of esters is 1. The van der Waals surface area contributed by atoms with Crippen LogP contribution in [0, 0.1) is 10.1 Å². The summed E-state index contributed by atoms with van der Waals surface area (Å²) in [5.74, 6) is -4.67. The van der Waals surface area contributed by atoms with Crippen molar-refractivity contribution in [3.05, 3.63) is 135 Å². The molecule has 0 saturated heterocycles. The summed E-state index contributed by atoms with van der Waals surface area (Å²) in [5, 5.41) is 25.8. The maximum absolute atomic E-state index is 13.4. The molecule has 0 aliphatic rings. The molecule has 17 nitrogen and oxygen atoms in total. The van der Waals surface area contributed by atoms with Crippen LogP contribution in [0.5, 0.6) is 17.6 Å². The summed E-state index contributed by atoms with van der Waals surface area (Å²) in [5.41, 5.74) is 0.344. The molecule has 3 heterocycles. The summed E-state index contributed by atoms with van der Waals surface area (Å²) in [4.78, 5) is 73.2. The van der Waals surface area contributed by atoms with Gasteiger partial charge < -0.3 is 34.7 Å². The Labute approximate surface area is 294 Å². The van der Waals surface area contributed by atoms with E-state index in [-0.39, 0.29) is 59.3 Å². The van der Waals surface area contributed by atoms with Crippen LogP contribution in [-0.4, -0.2) is 62.5 Å². The number of nitro groups is 1. The fourth-order valence-electron chi connectivity index (χ4n) is 4.40. The zero-order chi connectivity index (χ0) is 37.0. The normalized spacial score (nSPS) is 10.4. The molecule has 0 saturated carbocycles. The van der Waals surface area contributed by atoms with Crippen molar-refractivity contribution in [1.82, 2.24) is 15.0 Å². The van der Waals surface area contributed by atoms with Crippen molar-refractivity contribution in [2.24, 2.45) is 0 Å². The molecule has 52 heavy (non-hydrogen) atoms. The lowest BCUT2D eigenvalue weighted by molar-refractivity contribution is -0.386. The fourth-order valence-corrected chi connectivity index (χ4v) is 4.40. The van der Waals surface area contributed by atoms with Crippen LogP contribution in [0.2, 0.25) is 0 Å². The van der Waals surface area contributed by atoms with Crippen molar-refractivity contribution in [3.63, 3.8) is 0 Å². The van der Waals surface area contributed by atoms with Crippen LogP contribution in [-0.2, 0) is 22.7 Å². The molecule has 0 aliphatic heterocycles. The van der Waals surface area contributed by atoms with E-state index in [9.17, 15) is 29.3 Å². The lowest BCUT2D eigenvalue weighted by Crippen LogP contribution is -2.19. The maximum Gasteiger partial charge on any atom is 0.356 e. The Kier molecular flexibility index (Phi) is 11.6. The zero-order valence-corrected chi connectivity index (χ0v) is 27.2. The minimum Gasteiger partial charge on any atom is -0.479 e. The Bertz CT molecular complexity index is 2110. The molecule has 5 aromatic rings. The molecule has 0 bridgehead atoms. The van der Waals surface area contributed by atoms with Gasteiger partial charge in [-0.3, -0.25) is 19.7 Å². The molecular formula is C35H28N6O11. The van der Waals surface area contributed by atoms with Gasteiger partial charge in [0.2, 0.25) is 11.8 Å². The van der Waals surface area contributed by atoms with Crippen LogP contribution in [0.25, 0.3) is 0 Å². The number of carbonyl (C=O) groups excluding carboxylic acids is 3. The summed E-state index contributed by atoms with van der Waals surface area (Å²) in [6.45, 7) is -0.876. The van der Waals surface area contributed by atoms with Gasteiger partial charge in [-0.15, -0.1) is 0 Å². The molecule has 0 aliphatic carbocycles. The summed E-state index contributed by atoms with van der Waals surface area (Å²) < 4.78 is 21.3. The number of methoxy groups -OCH3 is 1. The number of carboxylic acid groups (broad SMARTS) is 1. The van der Waals surface area contributed by atoms with Gasteiger partial charge in [0.15, 0.2) is 12.3 Å². The molecule has 2 amide bonds. The molecule has 0 unspecified atom stereocenters. The number of aromatic nitrogens is 3. The molecule has 3 N–H and O–H groups in total. The van der Waals surface area contributed by atoms with Gasteiger partial charge in [0.25, 0.3) is 17.7 Å². The van der Waals surface area contributed by atoms with Gasteiger partial charge in [-0.1, -0.05) is 60.7 Å². The number of nitrogens with one attached hydrogen (secondary N) is 2. The molecule has 264 valence electrons. The van der Waals surface area contributed by atoms with Gasteiger partial charge in [0.1, 0.15) is 36.0 Å². The average Bonchev–Trinajstić information content (AvgIpc) is 3.16. The van der Waals surface area contributed by atoms with E-state index in [4.69, 9.17) is 19.3 Å². The van der Waals surface area contributed by atoms with Crippen LogP contribution in [0.15, 0.2) is 97.1 Å². The van der Waals surface area contributed by atoms with Crippen molar-refractivity contribution < 1.29 is 48.2 Å². The van der Waals surface area contributed by atoms with Gasteiger partial charge >= 0.3 is 17.6 Å². The number of aliphatic carboxylic acids is 1. The monoisotopic (exact) mass is 708 g/mol. The summed E-state index contributed by atoms with van der Waals surface area (Å²) in [6, 6.07) is 25.2. The highest BCUT2D eigenvalue weighted by atomic mass is 16.6. The Balaban J connectivity index is 1.41.